The van der Waals surface area contributed by atoms with Crippen LogP contribution in [0, 0.1) is 0 Å². The van der Waals surface area contributed by atoms with Crippen molar-refractivity contribution in [2.45, 2.75) is 13.3 Å². The van der Waals surface area contributed by atoms with Gasteiger partial charge in [-0.15, -0.1) is 0 Å². The van der Waals surface area contributed by atoms with E-state index in [4.69, 9.17) is 4.74 Å². The van der Waals surface area contributed by atoms with Crippen molar-refractivity contribution in [2.75, 3.05) is 7.11 Å². The van der Waals surface area contributed by atoms with Crippen LogP contribution in [0.25, 0.3) is 0 Å². The van der Waals surface area contributed by atoms with Gasteiger partial charge in [0.2, 0.25) is 5.91 Å². The number of hydrogen-bond acceptors (Lipinski definition) is 4. The number of amides is 1. The van der Waals surface area contributed by atoms with Crippen molar-refractivity contribution in [3.63, 3.8) is 0 Å². The van der Waals surface area contributed by atoms with E-state index in [2.05, 4.69) is 10.5 Å². The number of phenolic OH excluding ortho intramolecular Hbond substituents is 1. The van der Waals surface area contributed by atoms with Gasteiger partial charge < -0.3 is 9.84 Å². The fourth-order valence-corrected chi connectivity index (χ4v) is 1.05. The van der Waals surface area contributed by atoms with E-state index < -0.39 is 0 Å². The van der Waals surface area contributed by atoms with Gasteiger partial charge in [0.05, 0.1) is 13.3 Å². The highest BCUT2D eigenvalue weighted by Crippen LogP contribution is 2.25. The molecule has 0 saturated carbocycles. The second kappa shape index (κ2) is 5.75. The molecule has 5 heteroatoms. The van der Waals surface area contributed by atoms with Crippen LogP contribution in [0.4, 0.5) is 0 Å². The molecule has 0 aromatic heterocycles. The molecule has 0 atom stereocenters. The molecule has 0 aliphatic rings. The van der Waals surface area contributed by atoms with Gasteiger partial charge in [-0.2, -0.15) is 5.10 Å². The minimum atomic E-state index is -0.158. The van der Waals surface area contributed by atoms with Gasteiger partial charge in [-0.05, 0) is 23.8 Å². The fourth-order valence-electron chi connectivity index (χ4n) is 1.05. The highest BCUT2D eigenvalue weighted by atomic mass is 16.5. The number of ether oxygens (including phenoxy) is 1. The molecule has 1 aromatic carbocycles. The Balaban J connectivity index is 2.68. The topological polar surface area (TPSA) is 70.9 Å². The highest BCUT2D eigenvalue weighted by Gasteiger charge is 2.00. The molecule has 0 spiro atoms. The van der Waals surface area contributed by atoms with E-state index in [1.54, 1.807) is 19.1 Å². The number of nitrogens with one attached hydrogen (secondary N) is 1. The summed E-state index contributed by atoms with van der Waals surface area (Å²) in [4.78, 5) is 10.9. The molecule has 1 rings (SSSR count). The zero-order valence-corrected chi connectivity index (χ0v) is 9.23. The van der Waals surface area contributed by atoms with Gasteiger partial charge in [-0.3, -0.25) is 4.79 Å². The number of hydrogen-bond donors (Lipinski definition) is 2. The quantitative estimate of drug-likeness (QED) is 0.595. The summed E-state index contributed by atoms with van der Waals surface area (Å²) in [6.45, 7) is 1.74. The van der Waals surface area contributed by atoms with E-state index in [1.807, 2.05) is 0 Å². The Hall–Kier alpha value is -2.04. The minimum absolute atomic E-state index is 0.0354. The maximum atomic E-state index is 10.9. The van der Waals surface area contributed by atoms with Crippen LogP contribution in [0.1, 0.15) is 18.9 Å². The first-order chi connectivity index (χ1) is 7.67. The molecule has 5 nitrogen and oxygen atoms in total. The van der Waals surface area contributed by atoms with E-state index >= 15 is 0 Å². The lowest BCUT2D eigenvalue weighted by Crippen LogP contribution is -2.15. The molecule has 86 valence electrons. The Morgan fingerprint density at radius 3 is 2.94 bits per heavy atom. The number of nitrogens with zero attached hydrogens (tertiary/aromatic N) is 1. The summed E-state index contributed by atoms with van der Waals surface area (Å²) in [5.74, 6) is 0.275. The third-order valence-corrected chi connectivity index (χ3v) is 1.93. The van der Waals surface area contributed by atoms with Crippen molar-refractivity contribution < 1.29 is 14.6 Å². The largest absolute Gasteiger partial charge is 0.504 e. The summed E-state index contributed by atoms with van der Waals surface area (Å²) >= 11 is 0. The molecule has 0 unspecified atom stereocenters. The molecule has 0 fully saturated rings. The highest BCUT2D eigenvalue weighted by molar-refractivity contribution is 5.83. The van der Waals surface area contributed by atoms with Crippen LogP contribution in [0.5, 0.6) is 11.5 Å². The fraction of sp³-hybridized carbons (Fsp3) is 0.273. The number of phenols is 1. The van der Waals surface area contributed by atoms with Crippen LogP contribution in [0.2, 0.25) is 0 Å². The average Bonchev–Trinajstić information content (AvgIpc) is 2.29. The van der Waals surface area contributed by atoms with Crippen LogP contribution in [-0.4, -0.2) is 24.3 Å². The smallest absolute Gasteiger partial charge is 0.239 e. The average molecular weight is 222 g/mol. The summed E-state index contributed by atoms with van der Waals surface area (Å²) in [5, 5.41) is 13.2. The maximum absolute atomic E-state index is 10.9. The van der Waals surface area contributed by atoms with Crippen LogP contribution < -0.4 is 10.2 Å². The molecule has 0 heterocycles. The molecular weight excluding hydrogens is 208 g/mol. The van der Waals surface area contributed by atoms with Gasteiger partial charge >= 0.3 is 0 Å². The van der Waals surface area contributed by atoms with Crippen LogP contribution in [-0.2, 0) is 4.79 Å². The second-order valence-corrected chi connectivity index (χ2v) is 3.08. The second-order valence-electron chi connectivity index (χ2n) is 3.08. The van der Waals surface area contributed by atoms with Crippen molar-refractivity contribution >= 4 is 12.1 Å². The predicted molar refractivity (Wildman–Crippen MR) is 60.7 cm³/mol. The molecule has 0 bridgehead atoms. The first-order valence-electron chi connectivity index (χ1n) is 4.86. The van der Waals surface area contributed by atoms with E-state index in [0.717, 1.165) is 0 Å². The normalized spacial score (nSPS) is 10.4. The standard InChI is InChI=1S/C11H14N2O3/c1-3-11(15)13-12-7-8-4-5-10(16-2)9(14)6-8/h4-7,14H,3H2,1-2H3,(H,13,15)/b12-7+. The van der Waals surface area contributed by atoms with Gasteiger partial charge in [0.25, 0.3) is 0 Å². The molecule has 0 saturated heterocycles. The van der Waals surface area contributed by atoms with Gasteiger partial charge in [-0.1, -0.05) is 6.92 Å². The number of rotatable bonds is 4. The Labute approximate surface area is 93.7 Å². The summed E-state index contributed by atoms with van der Waals surface area (Å²) < 4.78 is 4.90. The minimum Gasteiger partial charge on any atom is -0.504 e. The van der Waals surface area contributed by atoms with E-state index in [1.165, 1.54) is 19.4 Å². The van der Waals surface area contributed by atoms with E-state index in [9.17, 15) is 9.90 Å². The predicted octanol–water partition coefficient (Wildman–Crippen LogP) is 1.26. The molecule has 0 aliphatic carbocycles. The van der Waals surface area contributed by atoms with Crippen molar-refractivity contribution in [3.05, 3.63) is 23.8 Å². The summed E-state index contributed by atoms with van der Waals surface area (Å²) in [7, 11) is 1.48. The lowest BCUT2D eigenvalue weighted by atomic mass is 10.2. The number of hydrazone groups is 1. The monoisotopic (exact) mass is 222 g/mol. The summed E-state index contributed by atoms with van der Waals surface area (Å²) in [6, 6.07) is 4.85. The lowest BCUT2D eigenvalue weighted by molar-refractivity contribution is -0.120. The molecule has 1 aromatic rings. The first kappa shape index (κ1) is 12.0. The Kier molecular flexibility index (Phi) is 4.32. The zero-order chi connectivity index (χ0) is 12.0. The van der Waals surface area contributed by atoms with Crippen LogP contribution in [0.3, 0.4) is 0 Å². The van der Waals surface area contributed by atoms with Gasteiger partial charge in [0, 0.05) is 6.42 Å². The van der Waals surface area contributed by atoms with Gasteiger partial charge in [0.15, 0.2) is 11.5 Å². The lowest BCUT2D eigenvalue weighted by Gasteiger charge is -2.02. The summed E-state index contributed by atoms with van der Waals surface area (Å²) in [6.07, 6.45) is 1.83. The molecule has 16 heavy (non-hydrogen) atoms. The number of methoxy groups -OCH3 is 1. The van der Waals surface area contributed by atoms with Crippen LogP contribution >= 0.6 is 0 Å². The molecule has 1 amide bonds. The Bertz CT molecular complexity index is 402. The molecule has 2 N–H and O–H groups in total. The summed E-state index contributed by atoms with van der Waals surface area (Å²) in [5.41, 5.74) is 3.02. The van der Waals surface area contributed by atoms with Crippen molar-refractivity contribution in [2.24, 2.45) is 5.10 Å². The van der Waals surface area contributed by atoms with Gasteiger partial charge in [0.1, 0.15) is 0 Å². The van der Waals surface area contributed by atoms with Crippen LogP contribution in [0.15, 0.2) is 23.3 Å². The van der Waals surface area contributed by atoms with Crippen molar-refractivity contribution in [1.29, 1.82) is 0 Å². The number of carbonyl (C=O) groups excluding carboxylic acids is 1. The molecule has 0 aliphatic heterocycles. The van der Waals surface area contributed by atoms with Gasteiger partial charge in [-0.25, -0.2) is 5.43 Å². The molecular formula is C11H14N2O3. The third kappa shape index (κ3) is 3.27. The SMILES string of the molecule is CCC(=O)N/N=C/c1ccc(OC)c(O)c1. The third-order valence-electron chi connectivity index (χ3n) is 1.93. The number of aromatic hydroxyl groups is 1. The van der Waals surface area contributed by atoms with E-state index in [0.29, 0.717) is 17.7 Å². The number of benzene rings is 1. The van der Waals surface area contributed by atoms with E-state index in [-0.39, 0.29) is 11.7 Å². The van der Waals surface area contributed by atoms with Crippen molar-refractivity contribution in [1.82, 2.24) is 5.43 Å². The van der Waals surface area contributed by atoms with Crippen molar-refractivity contribution in [3.8, 4) is 11.5 Å². The first-order valence-corrected chi connectivity index (χ1v) is 4.86. The Morgan fingerprint density at radius 2 is 2.38 bits per heavy atom. The maximum Gasteiger partial charge on any atom is 0.239 e. The Morgan fingerprint density at radius 1 is 1.62 bits per heavy atom. The number of carbonyl (C=O) groups is 1. The molecule has 0 radical (unpaired) electrons. The zero-order valence-electron chi connectivity index (χ0n) is 9.23.